The molecule has 6 N–H and O–H groups in total. The molecule has 3 rings (SSSR count). The summed E-state index contributed by atoms with van der Waals surface area (Å²) in [5.74, 6) is -0.218. The summed E-state index contributed by atoms with van der Waals surface area (Å²) in [7, 11) is -2.54. The molecule has 1 aromatic carbocycles. The number of sulfonamides is 1. The normalized spacial score (nSPS) is 25.2. The third-order valence-corrected chi connectivity index (χ3v) is 6.23. The highest BCUT2D eigenvalue weighted by Gasteiger charge is 2.44. The molecule has 2 aromatic rings. The average molecular weight is 484 g/mol. The van der Waals surface area contributed by atoms with Gasteiger partial charge in [-0.1, -0.05) is 0 Å². The number of hydrogen-bond acceptors (Lipinski definition) is 11. The molecule has 180 valence electrons. The van der Waals surface area contributed by atoms with Crippen molar-refractivity contribution in [1.29, 1.82) is 0 Å². The van der Waals surface area contributed by atoms with Crippen LogP contribution in [0.15, 0.2) is 41.3 Å². The first kappa shape index (κ1) is 24.6. The third-order valence-electron chi connectivity index (χ3n) is 4.86. The Hall–Kier alpha value is -3.04. The molecule has 5 atom stereocenters. The van der Waals surface area contributed by atoms with Crippen LogP contribution in [0.5, 0.6) is 5.88 Å². The van der Waals surface area contributed by atoms with Gasteiger partial charge in [-0.3, -0.25) is 9.52 Å². The monoisotopic (exact) mass is 483 g/mol. The summed E-state index contributed by atoms with van der Waals surface area (Å²) in [6.07, 6.45) is -4.92. The van der Waals surface area contributed by atoms with Gasteiger partial charge < -0.3 is 35.4 Å². The van der Waals surface area contributed by atoms with Crippen LogP contribution >= 0.6 is 0 Å². The van der Waals surface area contributed by atoms with E-state index in [-0.39, 0.29) is 16.6 Å². The van der Waals surface area contributed by atoms with E-state index in [1.165, 1.54) is 50.4 Å². The summed E-state index contributed by atoms with van der Waals surface area (Å²) in [5, 5.41) is 42.7. The number of benzene rings is 1. The van der Waals surface area contributed by atoms with Crippen molar-refractivity contribution in [2.75, 3.05) is 23.8 Å². The minimum Gasteiger partial charge on any atom is -0.480 e. The molecular formula is C19H25N5O8S. The Morgan fingerprint density at radius 2 is 1.82 bits per heavy atom. The Morgan fingerprint density at radius 3 is 2.36 bits per heavy atom. The first-order valence-electron chi connectivity index (χ1n) is 9.81. The number of amides is 1. The number of nitrogens with one attached hydrogen (secondary N) is 3. The average Bonchev–Trinajstić information content (AvgIpc) is 2.79. The fourth-order valence-corrected chi connectivity index (χ4v) is 4.21. The van der Waals surface area contributed by atoms with Crippen molar-refractivity contribution in [3.05, 3.63) is 36.4 Å². The zero-order valence-corrected chi connectivity index (χ0v) is 18.6. The van der Waals surface area contributed by atoms with Crippen LogP contribution in [-0.4, -0.2) is 84.1 Å². The van der Waals surface area contributed by atoms with Crippen molar-refractivity contribution in [2.24, 2.45) is 0 Å². The molecule has 13 nitrogen and oxygen atoms in total. The van der Waals surface area contributed by atoms with Crippen molar-refractivity contribution in [1.82, 2.24) is 15.5 Å². The number of methoxy groups -OCH3 is 1. The van der Waals surface area contributed by atoms with E-state index in [0.29, 0.717) is 5.69 Å². The second kappa shape index (κ2) is 10.3. The van der Waals surface area contributed by atoms with Gasteiger partial charge in [-0.05, 0) is 30.3 Å². The Morgan fingerprint density at radius 1 is 1.12 bits per heavy atom. The number of aromatic nitrogens is 2. The number of anilines is 2. The van der Waals surface area contributed by atoms with E-state index < -0.39 is 53.1 Å². The predicted molar refractivity (Wildman–Crippen MR) is 115 cm³/mol. The highest BCUT2D eigenvalue weighted by molar-refractivity contribution is 7.92. The standard InChI is InChI=1S/C19H25N5O8S/c1-10(26)20-16-18(28)17(27)13(9-25)32-19(16)21-11-3-5-12(6-4-11)33(29,30)24-14-7-8-15(31-2)23-22-14/h3-8,13,16-19,21,25,27-28H,9H2,1-2H3,(H,20,26)(H,22,24)/t13-,16+,17+,18-,19-/m0/s1. The zero-order chi connectivity index (χ0) is 24.2. The van der Waals surface area contributed by atoms with E-state index >= 15 is 0 Å². The van der Waals surface area contributed by atoms with Gasteiger partial charge in [-0.15, -0.1) is 10.2 Å². The van der Waals surface area contributed by atoms with E-state index in [2.05, 4.69) is 25.6 Å². The lowest BCUT2D eigenvalue weighted by Gasteiger charge is -2.43. The first-order valence-corrected chi connectivity index (χ1v) is 11.3. The van der Waals surface area contributed by atoms with Gasteiger partial charge in [0.25, 0.3) is 10.0 Å². The quantitative estimate of drug-likeness (QED) is 0.260. The van der Waals surface area contributed by atoms with Crippen molar-refractivity contribution in [3.8, 4) is 5.88 Å². The highest BCUT2D eigenvalue weighted by atomic mass is 32.2. The lowest BCUT2D eigenvalue weighted by molar-refractivity contribution is -0.188. The lowest BCUT2D eigenvalue weighted by atomic mass is 9.96. The molecule has 0 saturated carbocycles. The van der Waals surface area contributed by atoms with Crippen molar-refractivity contribution in [3.63, 3.8) is 0 Å². The number of carbonyl (C=O) groups excluding carboxylic acids is 1. The van der Waals surface area contributed by atoms with Crippen LogP contribution in [0.3, 0.4) is 0 Å². The van der Waals surface area contributed by atoms with Gasteiger partial charge in [0.05, 0.1) is 18.6 Å². The van der Waals surface area contributed by atoms with Crippen molar-refractivity contribution < 1.29 is 38.0 Å². The second-order valence-corrected chi connectivity index (χ2v) is 8.90. The van der Waals surface area contributed by atoms with Crippen LogP contribution in [-0.2, 0) is 19.6 Å². The van der Waals surface area contributed by atoms with Crippen molar-refractivity contribution >= 4 is 27.4 Å². The number of hydrogen-bond donors (Lipinski definition) is 6. The number of ether oxygens (including phenoxy) is 2. The smallest absolute Gasteiger partial charge is 0.263 e. The van der Waals surface area contributed by atoms with Crippen LogP contribution in [0.2, 0.25) is 0 Å². The molecule has 33 heavy (non-hydrogen) atoms. The molecule has 0 spiro atoms. The molecule has 0 aliphatic carbocycles. The summed E-state index contributed by atoms with van der Waals surface area (Å²) in [5.41, 5.74) is 0.402. The van der Waals surface area contributed by atoms with Crippen molar-refractivity contribution in [2.45, 2.75) is 42.4 Å². The molecule has 1 fully saturated rings. The third kappa shape index (κ3) is 5.85. The Labute approximate surface area is 189 Å². The molecule has 1 aliphatic rings. The predicted octanol–water partition coefficient (Wildman–Crippen LogP) is -1.36. The molecule has 1 aromatic heterocycles. The zero-order valence-electron chi connectivity index (χ0n) is 17.7. The molecule has 0 unspecified atom stereocenters. The molecule has 2 heterocycles. The maximum atomic E-state index is 12.6. The number of nitrogens with zero attached hydrogens (tertiary/aromatic N) is 2. The second-order valence-electron chi connectivity index (χ2n) is 7.22. The van der Waals surface area contributed by atoms with Gasteiger partial charge in [-0.25, -0.2) is 8.42 Å². The van der Waals surface area contributed by atoms with Gasteiger partial charge in [0.2, 0.25) is 11.8 Å². The van der Waals surface area contributed by atoms with Gasteiger partial charge in [0.15, 0.2) is 12.0 Å². The van der Waals surface area contributed by atoms with E-state index in [1.807, 2.05) is 0 Å². The maximum Gasteiger partial charge on any atom is 0.263 e. The Balaban J connectivity index is 1.74. The molecule has 0 bridgehead atoms. The van der Waals surface area contributed by atoms with E-state index in [0.717, 1.165) is 0 Å². The summed E-state index contributed by atoms with van der Waals surface area (Å²) < 4.78 is 38.0. The van der Waals surface area contributed by atoms with E-state index in [1.54, 1.807) is 0 Å². The summed E-state index contributed by atoms with van der Waals surface area (Å²) in [6.45, 7) is 0.689. The Bertz CT molecular complexity index is 1050. The minimum absolute atomic E-state index is 0.00865. The van der Waals surface area contributed by atoms with Gasteiger partial charge >= 0.3 is 0 Å². The number of aliphatic hydroxyl groups is 3. The fourth-order valence-electron chi connectivity index (χ4n) is 3.21. The molecule has 1 saturated heterocycles. The molecule has 0 radical (unpaired) electrons. The SMILES string of the molecule is COc1ccc(NS(=O)(=O)c2ccc(N[C@H]3O[C@@H](CO)[C@@H](O)[C@@H](O)[C@H]3NC(C)=O)cc2)nn1. The minimum atomic E-state index is -3.95. The first-order chi connectivity index (χ1) is 15.6. The maximum absolute atomic E-state index is 12.6. The molecular weight excluding hydrogens is 458 g/mol. The van der Waals surface area contributed by atoms with Crippen LogP contribution in [0.4, 0.5) is 11.5 Å². The van der Waals surface area contributed by atoms with Gasteiger partial charge in [0.1, 0.15) is 24.4 Å². The summed E-state index contributed by atoms with van der Waals surface area (Å²) in [4.78, 5) is 11.5. The van der Waals surface area contributed by atoms with Crippen LogP contribution < -0.4 is 20.1 Å². The van der Waals surface area contributed by atoms with Crippen LogP contribution in [0, 0.1) is 0 Å². The van der Waals surface area contributed by atoms with Crippen LogP contribution in [0.25, 0.3) is 0 Å². The largest absolute Gasteiger partial charge is 0.480 e. The van der Waals surface area contributed by atoms with E-state index in [9.17, 15) is 28.5 Å². The lowest BCUT2D eigenvalue weighted by Crippen LogP contribution is -2.65. The van der Waals surface area contributed by atoms with E-state index in [4.69, 9.17) is 9.47 Å². The molecule has 14 heteroatoms. The highest BCUT2D eigenvalue weighted by Crippen LogP contribution is 2.24. The summed E-state index contributed by atoms with van der Waals surface area (Å²) in [6, 6.07) is 7.39. The number of rotatable bonds is 8. The number of carbonyl (C=O) groups is 1. The molecule has 1 aliphatic heterocycles. The van der Waals surface area contributed by atoms with Gasteiger partial charge in [0, 0.05) is 18.7 Å². The molecule has 1 amide bonds. The van der Waals surface area contributed by atoms with Gasteiger partial charge in [-0.2, -0.15) is 0 Å². The Kier molecular flexibility index (Phi) is 7.65. The van der Waals surface area contributed by atoms with Crippen LogP contribution in [0.1, 0.15) is 6.92 Å². The topological polar surface area (TPSA) is 192 Å². The fraction of sp³-hybridized carbons (Fsp3) is 0.421. The number of aliphatic hydroxyl groups excluding tert-OH is 3. The summed E-state index contributed by atoms with van der Waals surface area (Å²) >= 11 is 0.